The average molecular weight is 277 g/mol. The van der Waals surface area contributed by atoms with Gasteiger partial charge in [0.05, 0.1) is 6.10 Å². The van der Waals surface area contributed by atoms with Crippen molar-refractivity contribution in [3.63, 3.8) is 0 Å². The van der Waals surface area contributed by atoms with Crippen LogP contribution in [0.5, 0.6) is 11.5 Å². The molecule has 0 radical (unpaired) electrons. The van der Waals surface area contributed by atoms with Crippen molar-refractivity contribution in [1.29, 1.82) is 0 Å². The van der Waals surface area contributed by atoms with Crippen LogP contribution in [0.2, 0.25) is 0 Å². The molecular formula is C16H23NO3. The highest BCUT2D eigenvalue weighted by molar-refractivity contribution is 5.43. The highest BCUT2D eigenvalue weighted by Crippen LogP contribution is 2.31. The van der Waals surface area contributed by atoms with E-state index in [0.717, 1.165) is 37.7 Å². The van der Waals surface area contributed by atoms with Crippen molar-refractivity contribution in [1.82, 2.24) is 4.90 Å². The second kappa shape index (κ2) is 6.46. The molecule has 4 heteroatoms. The van der Waals surface area contributed by atoms with E-state index < -0.39 is 0 Å². The quantitative estimate of drug-likeness (QED) is 0.846. The molecule has 4 nitrogen and oxygen atoms in total. The molecule has 2 aliphatic heterocycles. The van der Waals surface area contributed by atoms with Crippen LogP contribution in [0.1, 0.15) is 25.3 Å². The molecule has 1 fully saturated rings. The Bertz CT molecular complexity index is 447. The molecule has 0 spiro atoms. The fraction of sp³-hybridized carbons (Fsp3) is 0.625. The second-order valence-electron chi connectivity index (χ2n) is 5.43. The summed E-state index contributed by atoms with van der Waals surface area (Å²) >= 11 is 0. The van der Waals surface area contributed by atoms with Gasteiger partial charge in [-0.25, -0.2) is 0 Å². The van der Waals surface area contributed by atoms with Crippen LogP contribution in [0, 0.1) is 0 Å². The summed E-state index contributed by atoms with van der Waals surface area (Å²) in [7, 11) is 0. The Hall–Kier alpha value is -1.26. The Kier molecular flexibility index (Phi) is 4.43. The number of nitrogens with zero attached hydrogens (tertiary/aromatic N) is 1. The summed E-state index contributed by atoms with van der Waals surface area (Å²) in [5, 5.41) is 0. The molecular weight excluding hydrogens is 254 g/mol. The minimum atomic E-state index is 0.394. The normalized spacial score (nSPS) is 22.8. The van der Waals surface area contributed by atoms with Gasteiger partial charge in [-0.05, 0) is 44.0 Å². The standard InChI is InChI=1S/C16H23NO3/c1-2-18-14-4-3-7-17(12-14)11-13-5-6-15-16(10-13)20-9-8-19-15/h5-6,10,14H,2-4,7-9,11-12H2,1H3/t14-/m1/s1. The topological polar surface area (TPSA) is 30.9 Å². The molecule has 1 saturated heterocycles. The molecule has 0 aromatic heterocycles. The van der Waals surface area contributed by atoms with Crippen molar-refractivity contribution in [2.45, 2.75) is 32.4 Å². The number of likely N-dealkylation sites (tertiary alicyclic amines) is 1. The Labute approximate surface area is 120 Å². The van der Waals surface area contributed by atoms with Gasteiger partial charge < -0.3 is 14.2 Å². The van der Waals surface area contributed by atoms with Crippen LogP contribution in [0.4, 0.5) is 0 Å². The van der Waals surface area contributed by atoms with E-state index in [4.69, 9.17) is 14.2 Å². The highest BCUT2D eigenvalue weighted by atomic mass is 16.6. The van der Waals surface area contributed by atoms with Crippen LogP contribution in [0.3, 0.4) is 0 Å². The molecule has 0 amide bonds. The summed E-state index contributed by atoms with van der Waals surface area (Å²) in [6.45, 7) is 7.31. The van der Waals surface area contributed by atoms with Crippen LogP contribution in [0.15, 0.2) is 18.2 Å². The Morgan fingerprint density at radius 3 is 2.95 bits per heavy atom. The van der Waals surface area contributed by atoms with E-state index in [1.165, 1.54) is 18.4 Å². The van der Waals surface area contributed by atoms with Crippen molar-refractivity contribution in [2.75, 3.05) is 32.9 Å². The maximum Gasteiger partial charge on any atom is 0.161 e. The number of fused-ring (bicyclic) bond motifs is 1. The minimum absolute atomic E-state index is 0.394. The third-order valence-electron chi connectivity index (χ3n) is 3.88. The molecule has 1 aromatic carbocycles. The molecule has 0 saturated carbocycles. The maximum absolute atomic E-state index is 5.75. The van der Waals surface area contributed by atoms with Gasteiger partial charge in [-0.1, -0.05) is 6.07 Å². The van der Waals surface area contributed by atoms with E-state index >= 15 is 0 Å². The number of piperidine rings is 1. The molecule has 0 aliphatic carbocycles. The minimum Gasteiger partial charge on any atom is -0.486 e. The summed E-state index contributed by atoms with van der Waals surface area (Å²) in [5.41, 5.74) is 1.28. The molecule has 20 heavy (non-hydrogen) atoms. The van der Waals surface area contributed by atoms with E-state index in [1.54, 1.807) is 0 Å². The lowest BCUT2D eigenvalue weighted by Gasteiger charge is -2.32. The largest absolute Gasteiger partial charge is 0.486 e. The Morgan fingerprint density at radius 1 is 1.25 bits per heavy atom. The van der Waals surface area contributed by atoms with Crippen LogP contribution in [-0.2, 0) is 11.3 Å². The Morgan fingerprint density at radius 2 is 2.10 bits per heavy atom. The SMILES string of the molecule is CCO[C@@H]1CCCN(Cc2ccc3c(c2)OCCO3)C1. The van der Waals surface area contributed by atoms with Gasteiger partial charge >= 0.3 is 0 Å². The van der Waals surface area contributed by atoms with Crippen LogP contribution in [0.25, 0.3) is 0 Å². The first-order valence-electron chi connectivity index (χ1n) is 7.57. The Balaban J connectivity index is 1.62. The first kappa shape index (κ1) is 13.7. The fourth-order valence-corrected chi connectivity index (χ4v) is 2.97. The molecule has 1 atom stereocenters. The lowest BCUT2D eigenvalue weighted by molar-refractivity contribution is 0.00360. The lowest BCUT2D eigenvalue weighted by Crippen LogP contribution is -2.39. The number of ether oxygens (including phenoxy) is 3. The maximum atomic E-state index is 5.75. The van der Waals surface area contributed by atoms with Gasteiger partial charge in [-0.15, -0.1) is 0 Å². The molecule has 110 valence electrons. The summed E-state index contributed by atoms with van der Waals surface area (Å²) < 4.78 is 17.0. The van der Waals surface area contributed by atoms with Gasteiger partial charge in [0.2, 0.25) is 0 Å². The number of rotatable bonds is 4. The molecule has 0 N–H and O–H groups in total. The van der Waals surface area contributed by atoms with Crippen LogP contribution in [-0.4, -0.2) is 43.9 Å². The van der Waals surface area contributed by atoms with Crippen molar-refractivity contribution in [3.05, 3.63) is 23.8 Å². The predicted octanol–water partition coefficient (Wildman–Crippen LogP) is 2.46. The van der Waals surface area contributed by atoms with E-state index in [1.807, 2.05) is 6.07 Å². The predicted molar refractivity (Wildman–Crippen MR) is 77.4 cm³/mol. The van der Waals surface area contributed by atoms with Crippen LogP contribution >= 0.6 is 0 Å². The first-order valence-corrected chi connectivity index (χ1v) is 7.57. The zero-order valence-electron chi connectivity index (χ0n) is 12.1. The third kappa shape index (κ3) is 3.25. The molecule has 0 unspecified atom stereocenters. The van der Waals surface area contributed by atoms with Crippen LogP contribution < -0.4 is 9.47 Å². The zero-order chi connectivity index (χ0) is 13.8. The van der Waals surface area contributed by atoms with Gasteiger partial charge in [0.1, 0.15) is 13.2 Å². The number of hydrogen-bond donors (Lipinski definition) is 0. The van der Waals surface area contributed by atoms with Gasteiger partial charge in [-0.2, -0.15) is 0 Å². The van der Waals surface area contributed by atoms with E-state index in [9.17, 15) is 0 Å². The summed E-state index contributed by atoms with van der Waals surface area (Å²) in [6.07, 6.45) is 2.80. The highest BCUT2D eigenvalue weighted by Gasteiger charge is 2.20. The van der Waals surface area contributed by atoms with Gasteiger partial charge in [-0.3, -0.25) is 4.90 Å². The number of benzene rings is 1. The van der Waals surface area contributed by atoms with E-state index in [0.29, 0.717) is 19.3 Å². The molecule has 1 aromatic rings. The summed E-state index contributed by atoms with van der Waals surface area (Å²) in [4.78, 5) is 2.47. The average Bonchev–Trinajstić information content (AvgIpc) is 2.48. The second-order valence-corrected chi connectivity index (χ2v) is 5.43. The van der Waals surface area contributed by atoms with Crippen molar-refractivity contribution in [2.24, 2.45) is 0 Å². The molecule has 2 heterocycles. The summed E-state index contributed by atoms with van der Waals surface area (Å²) in [6, 6.07) is 6.27. The number of hydrogen-bond acceptors (Lipinski definition) is 4. The molecule has 2 aliphatic rings. The molecule has 3 rings (SSSR count). The molecule has 0 bridgehead atoms. The van der Waals surface area contributed by atoms with Crippen molar-refractivity contribution < 1.29 is 14.2 Å². The van der Waals surface area contributed by atoms with Gasteiger partial charge in [0.25, 0.3) is 0 Å². The zero-order valence-corrected chi connectivity index (χ0v) is 12.1. The fourth-order valence-electron chi connectivity index (χ4n) is 2.97. The van der Waals surface area contributed by atoms with Gasteiger partial charge in [0.15, 0.2) is 11.5 Å². The van der Waals surface area contributed by atoms with E-state index in [-0.39, 0.29) is 0 Å². The van der Waals surface area contributed by atoms with Crippen molar-refractivity contribution in [3.8, 4) is 11.5 Å². The van der Waals surface area contributed by atoms with Crippen molar-refractivity contribution >= 4 is 0 Å². The first-order chi connectivity index (χ1) is 9.85. The van der Waals surface area contributed by atoms with Gasteiger partial charge in [0, 0.05) is 19.7 Å². The third-order valence-corrected chi connectivity index (χ3v) is 3.88. The van der Waals surface area contributed by atoms with E-state index in [2.05, 4.69) is 24.0 Å². The lowest BCUT2D eigenvalue weighted by atomic mass is 10.1. The smallest absolute Gasteiger partial charge is 0.161 e. The monoisotopic (exact) mass is 277 g/mol. The summed E-state index contributed by atoms with van der Waals surface area (Å²) in [5.74, 6) is 1.75.